The Morgan fingerprint density at radius 2 is 1.94 bits per heavy atom. The second-order valence-corrected chi connectivity index (χ2v) is 5.88. The van der Waals surface area contributed by atoms with Crippen LogP contribution in [0.25, 0.3) is 0 Å². The molecule has 2 saturated heterocycles. The van der Waals surface area contributed by atoms with E-state index < -0.39 is 0 Å². The summed E-state index contributed by atoms with van der Waals surface area (Å²) in [5.41, 5.74) is 0. The fourth-order valence-electron chi connectivity index (χ4n) is 3.27. The molecule has 2 aliphatic heterocycles. The van der Waals surface area contributed by atoms with E-state index in [2.05, 4.69) is 31.0 Å². The van der Waals surface area contributed by atoms with Gasteiger partial charge in [-0.15, -0.1) is 0 Å². The second kappa shape index (κ2) is 6.17. The van der Waals surface area contributed by atoms with Gasteiger partial charge in [0.25, 0.3) is 0 Å². The minimum Gasteiger partial charge on any atom is -0.375 e. The Morgan fingerprint density at radius 1 is 1.24 bits per heavy atom. The summed E-state index contributed by atoms with van der Waals surface area (Å²) >= 11 is 0. The molecule has 0 aromatic carbocycles. The van der Waals surface area contributed by atoms with Gasteiger partial charge < -0.3 is 15.0 Å². The van der Waals surface area contributed by atoms with Gasteiger partial charge in [-0.2, -0.15) is 0 Å². The Balaban J connectivity index is 1.68. The molecule has 2 rings (SSSR count). The summed E-state index contributed by atoms with van der Waals surface area (Å²) in [7, 11) is 0. The molecule has 0 amide bonds. The number of rotatable bonds is 4. The summed E-state index contributed by atoms with van der Waals surface area (Å²) in [5, 5.41) is 3.76. The zero-order valence-electron chi connectivity index (χ0n) is 11.6. The zero-order chi connectivity index (χ0) is 12.3. The zero-order valence-corrected chi connectivity index (χ0v) is 11.6. The molecule has 0 radical (unpaired) electrons. The molecule has 2 aliphatic rings. The third-order valence-electron chi connectivity index (χ3n) is 4.21. The van der Waals surface area contributed by atoms with Crippen LogP contribution in [0.15, 0.2) is 0 Å². The van der Waals surface area contributed by atoms with Gasteiger partial charge in [0, 0.05) is 12.6 Å². The van der Waals surface area contributed by atoms with Crippen LogP contribution in [0.2, 0.25) is 0 Å². The Kier molecular flexibility index (Phi) is 4.83. The maximum Gasteiger partial charge on any atom is 0.0565 e. The fraction of sp³-hybridized carbons (Fsp3) is 1.00. The second-order valence-electron chi connectivity index (χ2n) is 5.88. The first-order valence-electron chi connectivity index (χ1n) is 7.28. The highest BCUT2D eigenvalue weighted by molar-refractivity contribution is 4.82. The van der Waals surface area contributed by atoms with Gasteiger partial charge in [-0.1, -0.05) is 6.92 Å². The number of likely N-dealkylation sites (tertiary alicyclic amines) is 1. The summed E-state index contributed by atoms with van der Waals surface area (Å²) in [6.45, 7) is 11.6. The molecule has 3 unspecified atom stereocenters. The molecule has 0 spiro atoms. The van der Waals surface area contributed by atoms with Crippen molar-refractivity contribution in [2.45, 2.75) is 58.3 Å². The van der Waals surface area contributed by atoms with Crippen molar-refractivity contribution < 1.29 is 4.74 Å². The molecule has 2 heterocycles. The molecule has 0 aromatic rings. The Morgan fingerprint density at radius 3 is 2.53 bits per heavy atom. The van der Waals surface area contributed by atoms with Gasteiger partial charge in [-0.3, -0.25) is 0 Å². The largest absolute Gasteiger partial charge is 0.375 e. The lowest BCUT2D eigenvalue weighted by Crippen LogP contribution is -2.43. The maximum atomic E-state index is 5.77. The summed E-state index contributed by atoms with van der Waals surface area (Å²) in [5.74, 6) is 0.864. The van der Waals surface area contributed by atoms with Crippen molar-refractivity contribution >= 4 is 0 Å². The summed E-state index contributed by atoms with van der Waals surface area (Å²) in [6, 6.07) is 0.671. The van der Waals surface area contributed by atoms with Crippen LogP contribution in [-0.2, 0) is 4.74 Å². The minimum absolute atomic E-state index is 0.423. The minimum atomic E-state index is 0.423. The van der Waals surface area contributed by atoms with E-state index >= 15 is 0 Å². The standard InChI is InChI=1S/C14H28N2O/c1-4-16-6-5-13(10-16)9-15-14-7-11(2)17-12(3)8-14/h11-15H,4-10H2,1-3H3. The fourth-order valence-corrected chi connectivity index (χ4v) is 3.27. The molecule has 0 bridgehead atoms. The summed E-state index contributed by atoms with van der Waals surface area (Å²) in [4.78, 5) is 2.56. The van der Waals surface area contributed by atoms with Gasteiger partial charge in [-0.05, 0) is 58.7 Å². The number of hydrogen-bond donors (Lipinski definition) is 1. The van der Waals surface area contributed by atoms with Gasteiger partial charge in [0.2, 0.25) is 0 Å². The van der Waals surface area contributed by atoms with E-state index in [1.165, 1.54) is 45.4 Å². The van der Waals surface area contributed by atoms with Gasteiger partial charge in [-0.25, -0.2) is 0 Å². The number of hydrogen-bond acceptors (Lipinski definition) is 3. The molecule has 3 nitrogen and oxygen atoms in total. The molecule has 1 N–H and O–H groups in total. The van der Waals surface area contributed by atoms with Gasteiger partial charge in [0.1, 0.15) is 0 Å². The van der Waals surface area contributed by atoms with Crippen LogP contribution in [0.1, 0.15) is 40.0 Å². The molecule has 100 valence electrons. The molecule has 3 heteroatoms. The van der Waals surface area contributed by atoms with Crippen LogP contribution in [0.3, 0.4) is 0 Å². The SMILES string of the molecule is CCN1CCC(CNC2CC(C)OC(C)C2)C1. The van der Waals surface area contributed by atoms with Crippen LogP contribution in [0, 0.1) is 5.92 Å². The highest BCUT2D eigenvalue weighted by Crippen LogP contribution is 2.20. The van der Waals surface area contributed by atoms with Crippen LogP contribution in [0.5, 0.6) is 0 Å². The molecule has 0 saturated carbocycles. The number of nitrogens with zero attached hydrogens (tertiary/aromatic N) is 1. The average molecular weight is 240 g/mol. The summed E-state index contributed by atoms with van der Waals surface area (Å²) < 4.78 is 5.77. The van der Waals surface area contributed by atoms with E-state index in [1.807, 2.05) is 0 Å². The van der Waals surface area contributed by atoms with Crippen LogP contribution in [0.4, 0.5) is 0 Å². The first-order valence-corrected chi connectivity index (χ1v) is 7.28. The predicted octanol–water partition coefficient (Wildman–Crippen LogP) is 1.87. The van der Waals surface area contributed by atoms with E-state index in [0.717, 1.165) is 5.92 Å². The van der Waals surface area contributed by atoms with E-state index in [0.29, 0.717) is 18.2 Å². The predicted molar refractivity (Wildman–Crippen MR) is 71.3 cm³/mol. The van der Waals surface area contributed by atoms with E-state index in [4.69, 9.17) is 4.74 Å². The molecular formula is C14H28N2O. The van der Waals surface area contributed by atoms with Crippen molar-refractivity contribution in [3.8, 4) is 0 Å². The van der Waals surface area contributed by atoms with Crippen molar-refractivity contribution in [3.63, 3.8) is 0 Å². The summed E-state index contributed by atoms with van der Waals surface area (Å²) in [6.07, 6.45) is 4.57. The first kappa shape index (κ1) is 13.3. The maximum absolute atomic E-state index is 5.77. The molecule has 2 fully saturated rings. The third-order valence-corrected chi connectivity index (χ3v) is 4.21. The van der Waals surface area contributed by atoms with Gasteiger partial charge >= 0.3 is 0 Å². The first-order chi connectivity index (χ1) is 8.17. The molecule has 0 aromatic heterocycles. The van der Waals surface area contributed by atoms with Crippen molar-refractivity contribution in [3.05, 3.63) is 0 Å². The molecular weight excluding hydrogens is 212 g/mol. The van der Waals surface area contributed by atoms with E-state index in [1.54, 1.807) is 0 Å². The van der Waals surface area contributed by atoms with E-state index in [9.17, 15) is 0 Å². The monoisotopic (exact) mass is 240 g/mol. The van der Waals surface area contributed by atoms with Crippen LogP contribution < -0.4 is 5.32 Å². The molecule has 3 atom stereocenters. The highest BCUT2D eigenvalue weighted by Gasteiger charge is 2.26. The topological polar surface area (TPSA) is 24.5 Å². The van der Waals surface area contributed by atoms with Crippen LogP contribution in [-0.4, -0.2) is 49.3 Å². The average Bonchev–Trinajstić information content (AvgIpc) is 2.73. The third kappa shape index (κ3) is 3.94. The number of nitrogens with one attached hydrogen (secondary N) is 1. The van der Waals surface area contributed by atoms with E-state index in [-0.39, 0.29) is 0 Å². The number of ether oxygens (including phenoxy) is 1. The quantitative estimate of drug-likeness (QED) is 0.812. The lowest BCUT2D eigenvalue weighted by molar-refractivity contribution is -0.0424. The lowest BCUT2D eigenvalue weighted by atomic mass is 9.99. The highest BCUT2D eigenvalue weighted by atomic mass is 16.5. The van der Waals surface area contributed by atoms with Crippen molar-refractivity contribution in [2.75, 3.05) is 26.2 Å². The van der Waals surface area contributed by atoms with Crippen molar-refractivity contribution in [2.24, 2.45) is 5.92 Å². The Labute approximate surface area is 106 Å². The molecule has 17 heavy (non-hydrogen) atoms. The smallest absolute Gasteiger partial charge is 0.0565 e. The molecule has 0 aliphatic carbocycles. The Hall–Kier alpha value is -0.120. The lowest BCUT2D eigenvalue weighted by Gasteiger charge is -2.33. The normalized spacial score (nSPS) is 39.7. The van der Waals surface area contributed by atoms with Crippen molar-refractivity contribution in [1.82, 2.24) is 10.2 Å². The van der Waals surface area contributed by atoms with Crippen LogP contribution >= 0.6 is 0 Å². The Bertz CT molecular complexity index is 224. The van der Waals surface area contributed by atoms with Crippen molar-refractivity contribution in [1.29, 1.82) is 0 Å². The van der Waals surface area contributed by atoms with Gasteiger partial charge in [0.05, 0.1) is 12.2 Å². The van der Waals surface area contributed by atoms with Gasteiger partial charge in [0.15, 0.2) is 0 Å².